The van der Waals surface area contributed by atoms with Crippen LogP contribution in [0.4, 0.5) is 0 Å². The van der Waals surface area contributed by atoms with Crippen LogP contribution in [0.5, 0.6) is 11.5 Å². The molecule has 4 nitrogen and oxygen atoms in total. The lowest BCUT2D eigenvalue weighted by Gasteiger charge is -2.14. The molecule has 1 aromatic carbocycles. The first-order valence-electron chi connectivity index (χ1n) is 7.42. The van der Waals surface area contributed by atoms with Crippen molar-refractivity contribution >= 4 is 0 Å². The second kappa shape index (κ2) is 8.12. The van der Waals surface area contributed by atoms with Gasteiger partial charge in [-0.1, -0.05) is 12.1 Å². The van der Waals surface area contributed by atoms with E-state index in [9.17, 15) is 0 Å². The van der Waals surface area contributed by atoms with Crippen molar-refractivity contribution in [2.45, 2.75) is 26.3 Å². The highest BCUT2D eigenvalue weighted by Crippen LogP contribution is 2.30. The Kier molecular flexibility index (Phi) is 6.15. The summed E-state index contributed by atoms with van der Waals surface area (Å²) in [7, 11) is 1.69. The predicted octanol–water partition coefficient (Wildman–Crippen LogP) is 2.61. The fourth-order valence-electron chi connectivity index (χ4n) is 2.54. The molecule has 0 spiro atoms. The van der Waals surface area contributed by atoms with Crippen LogP contribution >= 0.6 is 0 Å². The van der Waals surface area contributed by atoms with Crippen LogP contribution in [0.1, 0.15) is 25.3 Å². The van der Waals surface area contributed by atoms with Crippen LogP contribution in [-0.4, -0.2) is 33.5 Å². The lowest BCUT2D eigenvalue weighted by Crippen LogP contribution is -2.18. The maximum atomic E-state index is 5.59. The number of nitrogens with one attached hydrogen (secondary N) is 1. The van der Waals surface area contributed by atoms with Crippen molar-refractivity contribution in [2.24, 2.45) is 5.92 Å². The van der Waals surface area contributed by atoms with Crippen molar-refractivity contribution in [3.05, 3.63) is 23.8 Å². The van der Waals surface area contributed by atoms with E-state index in [-0.39, 0.29) is 0 Å². The van der Waals surface area contributed by atoms with Crippen molar-refractivity contribution in [2.75, 3.05) is 33.5 Å². The normalized spacial score (nSPS) is 18.2. The van der Waals surface area contributed by atoms with Gasteiger partial charge >= 0.3 is 0 Å². The molecule has 1 unspecified atom stereocenters. The molecule has 0 aliphatic carbocycles. The zero-order chi connectivity index (χ0) is 14.2. The Morgan fingerprint density at radius 1 is 1.40 bits per heavy atom. The van der Waals surface area contributed by atoms with E-state index in [0.29, 0.717) is 6.61 Å². The smallest absolute Gasteiger partial charge is 0.165 e. The summed E-state index contributed by atoms with van der Waals surface area (Å²) >= 11 is 0. The Hall–Kier alpha value is -1.26. The summed E-state index contributed by atoms with van der Waals surface area (Å²) in [5.74, 6) is 2.38. The van der Waals surface area contributed by atoms with Crippen molar-refractivity contribution < 1.29 is 14.2 Å². The molecule has 4 heteroatoms. The summed E-state index contributed by atoms with van der Waals surface area (Å²) in [5, 5.41) is 3.48. The van der Waals surface area contributed by atoms with Gasteiger partial charge in [0, 0.05) is 25.3 Å². The second-order valence-electron chi connectivity index (χ2n) is 5.08. The quantitative estimate of drug-likeness (QED) is 0.743. The van der Waals surface area contributed by atoms with Crippen LogP contribution in [0.2, 0.25) is 0 Å². The SMILES string of the molecule is CCOc1cccc(CNCCC2CCOC2)c1OC. The molecule has 1 heterocycles. The van der Waals surface area contributed by atoms with Gasteiger partial charge in [-0.3, -0.25) is 0 Å². The number of ether oxygens (including phenoxy) is 3. The van der Waals surface area contributed by atoms with Gasteiger partial charge in [-0.2, -0.15) is 0 Å². The summed E-state index contributed by atoms with van der Waals surface area (Å²) in [5.41, 5.74) is 1.14. The molecule has 0 saturated carbocycles. The minimum absolute atomic E-state index is 0.648. The molecular weight excluding hydrogens is 254 g/mol. The van der Waals surface area contributed by atoms with E-state index >= 15 is 0 Å². The van der Waals surface area contributed by atoms with Crippen molar-refractivity contribution in [3.8, 4) is 11.5 Å². The molecule has 1 fully saturated rings. The molecule has 1 aliphatic rings. The monoisotopic (exact) mass is 279 g/mol. The summed E-state index contributed by atoms with van der Waals surface area (Å²) < 4.78 is 16.4. The molecule has 1 saturated heterocycles. The molecule has 0 amide bonds. The number of methoxy groups -OCH3 is 1. The molecule has 1 N–H and O–H groups in total. The van der Waals surface area contributed by atoms with E-state index in [0.717, 1.165) is 49.3 Å². The van der Waals surface area contributed by atoms with Gasteiger partial charge in [0.1, 0.15) is 0 Å². The Labute approximate surface area is 121 Å². The van der Waals surface area contributed by atoms with E-state index in [2.05, 4.69) is 11.4 Å². The third kappa shape index (κ3) is 4.12. The maximum absolute atomic E-state index is 5.59. The van der Waals surface area contributed by atoms with Gasteiger partial charge in [-0.05, 0) is 38.3 Å². The number of hydrogen-bond acceptors (Lipinski definition) is 4. The van der Waals surface area contributed by atoms with Gasteiger partial charge in [0.25, 0.3) is 0 Å². The lowest BCUT2D eigenvalue weighted by atomic mass is 10.1. The number of benzene rings is 1. The highest BCUT2D eigenvalue weighted by Gasteiger charge is 2.15. The molecule has 1 aromatic rings. The summed E-state index contributed by atoms with van der Waals surface area (Å²) in [6.45, 7) is 6.29. The molecule has 0 aromatic heterocycles. The van der Waals surface area contributed by atoms with E-state index in [1.165, 1.54) is 12.8 Å². The van der Waals surface area contributed by atoms with E-state index in [1.807, 2.05) is 19.1 Å². The van der Waals surface area contributed by atoms with Crippen LogP contribution < -0.4 is 14.8 Å². The molecular formula is C16H25NO3. The Bertz CT molecular complexity index is 403. The fourth-order valence-corrected chi connectivity index (χ4v) is 2.54. The minimum atomic E-state index is 0.648. The van der Waals surface area contributed by atoms with Gasteiger partial charge < -0.3 is 19.5 Å². The van der Waals surface area contributed by atoms with Crippen LogP contribution in [0.15, 0.2) is 18.2 Å². The number of para-hydroxylation sites is 1. The highest BCUT2D eigenvalue weighted by atomic mass is 16.5. The minimum Gasteiger partial charge on any atom is -0.493 e. The maximum Gasteiger partial charge on any atom is 0.165 e. The number of rotatable bonds is 8. The Balaban J connectivity index is 1.83. The third-order valence-electron chi connectivity index (χ3n) is 3.63. The molecule has 1 aliphatic heterocycles. The summed E-state index contributed by atoms with van der Waals surface area (Å²) in [6, 6.07) is 6.03. The number of hydrogen-bond donors (Lipinski definition) is 1. The van der Waals surface area contributed by atoms with Crippen LogP contribution in [0.3, 0.4) is 0 Å². The average Bonchev–Trinajstić information content (AvgIpc) is 2.97. The first-order valence-corrected chi connectivity index (χ1v) is 7.42. The van der Waals surface area contributed by atoms with Crippen molar-refractivity contribution in [1.29, 1.82) is 0 Å². The third-order valence-corrected chi connectivity index (χ3v) is 3.63. The van der Waals surface area contributed by atoms with Gasteiger partial charge in [-0.15, -0.1) is 0 Å². The van der Waals surface area contributed by atoms with E-state index in [1.54, 1.807) is 7.11 Å². The second-order valence-corrected chi connectivity index (χ2v) is 5.08. The predicted molar refractivity (Wildman–Crippen MR) is 79.4 cm³/mol. The first-order chi connectivity index (χ1) is 9.85. The van der Waals surface area contributed by atoms with Crippen molar-refractivity contribution in [3.63, 3.8) is 0 Å². The topological polar surface area (TPSA) is 39.7 Å². The Morgan fingerprint density at radius 3 is 3.00 bits per heavy atom. The van der Waals surface area contributed by atoms with Crippen LogP contribution in [0.25, 0.3) is 0 Å². The molecule has 0 radical (unpaired) electrons. The average molecular weight is 279 g/mol. The largest absolute Gasteiger partial charge is 0.493 e. The first kappa shape index (κ1) is 15.1. The molecule has 2 rings (SSSR count). The molecule has 20 heavy (non-hydrogen) atoms. The molecule has 112 valence electrons. The summed E-state index contributed by atoms with van der Waals surface area (Å²) in [6.07, 6.45) is 2.37. The van der Waals surface area contributed by atoms with Gasteiger partial charge in [0.15, 0.2) is 11.5 Å². The van der Waals surface area contributed by atoms with Gasteiger partial charge in [0.05, 0.1) is 13.7 Å². The van der Waals surface area contributed by atoms with E-state index in [4.69, 9.17) is 14.2 Å². The molecule has 1 atom stereocenters. The zero-order valence-corrected chi connectivity index (χ0v) is 12.5. The highest BCUT2D eigenvalue weighted by molar-refractivity contribution is 5.46. The molecule has 0 bridgehead atoms. The zero-order valence-electron chi connectivity index (χ0n) is 12.5. The van der Waals surface area contributed by atoms with E-state index < -0.39 is 0 Å². The summed E-state index contributed by atoms with van der Waals surface area (Å²) in [4.78, 5) is 0. The van der Waals surface area contributed by atoms with Crippen LogP contribution in [0, 0.1) is 5.92 Å². The van der Waals surface area contributed by atoms with Gasteiger partial charge in [0.2, 0.25) is 0 Å². The van der Waals surface area contributed by atoms with Crippen LogP contribution in [-0.2, 0) is 11.3 Å². The van der Waals surface area contributed by atoms with Gasteiger partial charge in [-0.25, -0.2) is 0 Å². The fraction of sp³-hybridized carbons (Fsp3) is 0.625. The standard InChI is InChI=1S/C16H25NO3/c1-3-20-15-6-4-5-14(16(15)18-2)11-17-9-7-13-8-10-19-12-13/h4-6,13,17H,3,7-12H2,1-2H3. The lowest BCUT2D eigenvalue weighted by molar-refractivity contribution is 0.184. The van der Waals surface area contributed by atoms with Crippen molar-refractivity contribution in [1.82, 2.24) is 5.32 Å². The Morgan fingerprint density at radius 2 is 2.30 bits per heavy atom.